The number of carboxylic acid groups (broad SMARTS) is 1. The molecular formula is C27H32N2O6. The molecule has 2 amide bonds. The lowest BCUT2D eigenvalue weighted by Gasteiger charge is -2.25. The number of nitrogens with one attached hydrogen (secondary N) is 1. The van der Waals surface area contributed by atoms with Crippen molar-refractivity contribution in [3.8, 4) is 11.1 Å². The van der Waals surface area contributed by atoms with Crippen LogP contribution in [0.2, 0.25) is 0 Å². The number of aliphatic carboxylic acids is 1. The third kappa shape index (κ3) is 5.48. The number of unbranched alkanes of at least 4 members (excludes halogenated alkanes) is 1. The Kier molecular flexibility index (Phi) is 7.70. The Labute approximate surface area is 204 Å². The Balaban J connectivity index is 1.39. The molecule has 186 valence electrons. The molecule has 1 fully saturated rings. The number of alkyl carbamates (subject to hydrolysis) is 1. The number of aliphatic hydroxyl groups is 1. The highest BCUT2D eigenvalue weighted by atomic mass is 16.5. The van der Waals surface area contributed by atoms with Crippen molar-refractivity contribution in [2.75, 3.05) is 13.2 Å². The fraction of sp³-hybridized carbons (Fsp3) is 0.444. The summed E-state index contributed by atoms with van der Waals surface area (Å²) in [6.07, 6.45) is 0.771. The maximum absolute atomic E-state index is 12.9. The molecule has 0 aromatic heterocycles. The number of β-amino-alcohol motifs (C(OH)–C–C–N with tert-alkyl or cyclic N) is 1. The van der Waals surface area contributed by atoms with Crippen LogP contribution in [-0.4, -0.2) is 64.4 Å². The molecule has 0 spiro atoms. The molecule has 0 bridgehead atoms. The van der Waals surface area contributed by atoms with Crippen molar-refractivity contribution in [3.63, 3.8) is 0 Å². The first-order chi connectivity index (χ1) is 16.9. The lowest BCUT2D eigenvalue weighted by atomic mass is 9.98. The minimum atomic E-state index is -1.13. The standard InChI is InChI=1S/C27H32N2O6/c1-2-3-8-17(13-25(31)29-15-18(30)14-24(29)26(32)33)28-27(34)35-16-23-21-11-6-4-9-19(21)20-10-5-7-12-22(20)23/h4-7,9-12,17-18,23-24,30H,2-3,8,13-16H2,1H3,(H,28,34)(H,32,33)/t17-,18?,24-/m0/s1. The minimum Gasteiger partial charge on any atom is -0.480 e. The Morgan fingerprint density at radius 1 is 1.09 bits per heavy atom. The van der Waals surface area contributed by atoms with E-state index in [1.54, 1.807) is 0 Å². The van der Waals surface area contributed by atoms with Crippen LogP contribution >= 0.6 is 0 Å². The van der Waals surface area contributed by atoms with Gasteiger partial charge in [-0.2, -0.15) is 0 Å². The highest BCUT2D eigenvalue weighted by Crippen LogP contribution is 2.44. The molecule has 3 N–H and O–H groups in total. The van der Waals surface area contributed by atoms with Crippen LogP contribution in [-0.2, 0) is 14.3 Å². The number of carbonyl (C=O) groups excluding carboxylic acids is 2. The predicted octanol–water partition coefficient (Wildman–Crippen LogP) is 3.52. The van der Waals surface area contributed by atoms with Crippen molar-refractivity contribution >= 4 is 18.0 Å². The monoisotopic (exact) mass is 480 g/mol. The van der Waals surface area contributed by atoms with Gasteiger partial charge in [0.2, 0.25) is 5.91 Å². The number of carbonyl (C=O) groups is 3. The number of aliphatic hydroxyl groups excluding tert-OH is 1. The van der Waals surface area contributed by atoms with Crippen LogP contribution in [0.25, 0.3) is 11.1 Å². The molecule has 8 nitrogen and oxygen atoms in total. The molecule has 1 heterocycles. The van der Waals surface area contributed by atoms with E-state index in [2.05, 4.69) is 17.4 Å². The second-order valence-electron chi connectivity index (χ2n) is 9.30. The van der Waals surface area contributed by atoms with E-state index in [0.717, 1.165) is 35.1 Å². The van der Waals surface area contributed by atoms with E-state index in [4.69, 9.17) is 4.74 Å². The molecule has 4 rings (SSSR count). The molecule has 2 aromatic rings. The van der Waals surface area contributed by atoms with Gasteiger partial charge in [-0.15, -0.1) is 0 Å². The topological polar surface area (TPSA) is 116 Å². The summed E-state index contributed by atoms with van der Waals surface area (Å²) >= 11 is 0. The van der Waals surface area contributed by atoms with Gasteiger partial charge in [0.05, 0.1) is 6.10 Å². The van der Waals surface area contributed by atoms with Gasteiger partial charge in [-0.1, -0.05) is 68.3 Å². The number of fused-ring (bicyclic) bond motifs is 3. The van der Waals surface area contributed by atoms with E-state index in [9.17, 15) is 24.6 Å². The SMILES string of the molecule is CCCC[C@@H](CC(=O)N1CC(O)C[C@H]1C(=O)O)NC(=O)OCC1c2ccccc2-c2ccccc21. The van der Waals surface area contributed by atoms with E-state index in [1.165, 1.54) is 4.90 Å². The number of hydrogen-bond donors (Lipinski definition) is 3. The molecule has 2 aliphatic rings. The van der Waals surface area contributed by atoms with Crippen LogP contribution in [0.3, 0.4) is 0 Å². The molecule has 2 aromatic carbocycles. The van der Waals surface area contributed by atoms with Crippen molar-refractivity contribution in [1.82, 2.24) is 10.2 Å². The zero-order valence-electron chi connectivity index (χ0n) is 19.9. The van der Waals surface area contributed by atoms with Crippen molar-refractivity contribution < 1.29 is 29.3 Å². The van der Waals surface area contributed by atoms with E-state index < -0.39 is 36.2 Å². The van der Waals surface area contributed by atoms with E-state index >= 15 is 0 Å². The smallest absolute Gasteiger partial charge is 0.407 e. The van der Waals surface area contributed by atoms with Gasteiger partial charge in [0, 0.05) is 31.3 Å². The average Bonchev–Trinajstić information content (AvgIpc) is 3.39. The fourth-order valence-electron chi connectivity index (χ4n) is 5.13. The van der Waals surface area contributed by atoms with Crippen LogP contribution in [0.4, 0.5) is 4.79 Å². The fourth-order valence-corrected chi connectivity index (χ4v) is 5.13. The van der Waals surface area contributed by atoms with Crippen LogP contribution in [0, 0.1) is 0 Å². The van der Waals surface area contributed by atoms with Crippen LogP contribution in [0.1, 0.15) is 56.1 Å². The summed E-state index contributed by atoms with van der Waals surface area (Å²) in [5.74, 6) is -1.59. The maximum Gasteiger partial charge on any atom is 0.407 e. The lowest BCUT2D eigenvalue weighted by molar-refractivity contribution is -0.148. The van der Waals surface area contributed by atoms with Gasteiger partial charge in [0.1, 0.15) is 12.6 Å². The summed E-state index contributed by atoms with van der Waals surface area (Å²) in [4.78, 5) is 38.3. The zero-order valence-corrected chi connectivity index (χ0v) is 19.9. The zero-order chi connectivity index (χ0) is 24.9. The second kappa shape index (κ2) is 10.9. The quantitative estimate of drug-likeness (QED) is 0.506. The lowest BCUT2D eigenvalue weighted by Crippen LogP contribution is -2.45. The summed E-state index contributed by atoms with van der Waals surface area (Å²) in [5, 5.41) is 22.1. The van der Waals surface area contributed by atoms with E-state index in [0.29, 0.717) is 6.42 Å². The number of hydrogen-bond acceptors (Lipinski definition) is 5. The van der Waals surface area contributed by atoms with Gasteiger partial charge in [0.25, 0.3) is 0 Å². The molecule has 8 heteroatoms. The Bertz CT molecular complexity index is 1040. The number of nitrogens with zero attached hydrogens (tertiary/aromatic N) is 1. The third-order valence-electron chi connectivity index (χ3n) is 6.88. The molecule has 0 radical (unpaired) electrons. The molecule has 3 atom stereocenters. The van der Waals surface area contributed by atoms with Crippen molar-refractivity contribution in [2.24, 2.45) is 0 Å². The summed E-state index contributed by atoms with van der Waals surface area (Å²) in [5.41, 5.74) is 4.52. The van der Waals surface area contributed by atoms with E-state index in [1.807, 2.05) is 43.3 Å². The summed E-state index contributed by atoms with van der Waals surface area (Å²) in [6, 6.07) is 14.7. The molecule has 1 saturated heterocycles. The minimum absolute atomic E-state index is 0.0127. The van der Waals surface area contributed by atoms with Crippen LogP contribution in [0.15, 0.2) is 48.5 Å². The molecular weight excluding hydrogens is 448 g/mol. The third-order valence-corrected chi connectivity index (χ3v) is 6.88. The number of amides is 2. The van der Waals surface area contributed by atoms with Gasteiger partial charge in [-0.25, -0.2) is 9.59 Å². The molecule has 1 aliphatic heterocycles. The largest absolute Gasteiger partial charge is 0.480 e. The number of benzene rings is 2. The molecule has 0 saturated carbocycles. The maximum atomic E-state index is 12.9. The second-order valence-corrected chi connectivity index (χ2v) is 9.30. The number of rotatable bonds is 9. The van der Waals surface area contributed by atoms with Gasteiger partial charge in [0.15, 0.2) is 0 Å². The highest BCUT2D eigenvalue weighted by Gasteiger charge is 2.39. The van der Waals surface area contributed by atoms with Crippen molar-refractivity contribution in [3.05, 3.63) is 59.7 Å². The van der Waals surface area contributed by atoms with Gasteiger partial charge in [-0.05, 0) is 28.7 Å². The first-order valence-electron chi connectivity index (χ1n) is 12.2. The Morgan fingerprint density at radius 2 is 1.71 bits per heavy atom. The Hall–Kier alpha value is -3.39. The molecule has 35 heavy (non-hydrogen) atoms. The summed E-state index contributed by atoms with van der Waals surface area (Å²) < 4.78 is 5.62. The first-order valence-corrected chi connectivity index (χ1v) is 12.2. The van der Waals surface area contributed by atoms with Gasteiger partial charge >= 0.3 is 12.1 Å². The molecule has 1 unspecified atom stereocenters. The number of likely N-dealkylation sites (tertiary alicyclic amines) is 1. The van der Waals surface area contributed by atoms with E-state index in [-0.39, 0.29) is 31.9 Å². The van der Waals surface area contributed by atoms with Gasteiger partial charge in [-0.3, -0.25) is 4.79 Å². The van der Waals surface area contributed by atoms with Gasteiger partial charge < -0.3 is 25.2 Å². The summed E-state index contributed by atoms with van der Waals surface area (Å²) in [7, 11) is 0. The van der Waals surface area contributed by atoms with Crippen molar-refractivity contribution in [1.29, 1.82) is 0 Å². The first kappa shape index (κ1) is 24.7. The molecule has 1 aliphatic carbocycles. The highest BCUT2D eigenvalue weighted by molar-refractivity contribution is 5.85. The normalized spacial score (nSPS) is 19.7. The number of ether oxygens (including phenoxy) is 1. The van der Waals surface area contributed by atoms with Crippen molar-refractivity contribution in [2.45, 2.75) is 63.1 Å². The Morgan fingerprint density at radius 3 is 2.31 bits per heavy atom. The number of carboxylic acids is 1. The van der Waals surface area contributed by atoms with Crippen LogP contribution in [0.5, 0.6) is 0 Å². The summed E-state index contributed by atoms with van der Waals surface area (Å²) in [6.45, 7) is 2.18. The predicted molar refractivity (Wildman–Crippen MR) is 130 cm³/mol. The average molecular weight is 481 g/mol. The van der Waals surface area contributed by atoms with Crippen LogP contribution < -0.4 is 5.32 Å².